The molecule has 0 saturated heterocycles. The number of nitrogens with zero attached hydrogens (tertiary/aromatic N) is 3. The van der Waals surface area contributed by atoms with Gasteiger partial charge >= 0.3 is 0 Å². The molecule has 0 spiro atoms. The van der Waals surface area contributed by atoms with Crippen molar-refractivity contribution in [2.45, 2.75) is 39.3 Å². The second kappa shape index (κ2) is 7.19. The fourth-order valence-electron chi connectivity index (χ4n) is 1.42. The fraction of sp³-hybridized carbons (Fsp3) is 1.00. The predicted molar refractivity (Wildman–Crippen MR) is 67.3 cm³/mol. The molecule has 0 bridgehead atoms. The molecule has 5 heteroatoms. The van der Waals surface area contributed by atoms with Gasteiger partial charge in [-0.25, -0.2) is 10.0 Å². The fourth-order valence-corrected chi connectivity index (χ4v) is 1.42. The minimum atomic E-state index is -0.342. The van der Waals surface area contributed by atoms with Crippen molar-refractivity contribution in [2.75, 3.05) is 34.7 Å². The van der Waals surface area contributed by atoms with Gasteiger partial charge in [-0.15, -0.1) is 5.17 Å². The van der Waals surface area contributed by atoms with Gasteiger partial charge in [0.2, 0.25) is 0 Å². The Kier molecular flexibility index (Phi) is 7.10. The van der Waals surface area contributed by atoms with Crippen molar-refractivity contribution in [3.8, 4) is 0 Å². The first-order valence-corrected chi connectivity index (χ1v) is 5.96. The highest BCUT2D eigenvalue weighted by molar-refractivity contribution is 4.68. The third-order valence-corrected chi connectivity index (χ3v) is 3.06. The van der Waals surface area contributed by atoms with Crippen molar-refractivity contribution in [1.82, 2.24) is 20.6 Å². The molecule has 0 radical (unpaired) electrons. The molecule has 98 valence electrons. The van der Waals surface area contributed by atoms with E-state index in [0.717, 1.165) is 19.4 Å². The summed E-state index contributed by atoms with van der Waals surface area (Å²) >= 11 is 0. The van der Waals surface area contributed by atoms with Gasteiger partial charge in [0.25, 0.3) is 0 Å². The Bertz CT molecular complexity index is 191. The van der Waals surface area contributed by atoms with Crippen LogP contribution in [0, 0.1) is 0 Å². The molecular formula is C11H28N4O. The lowest BCUT2D eigenvalue weighted by Gasteiger charge is -2.41. The van der Waals surface area contributed by atoms with Crippen LogP contribution in [0.25, 0.3) is 0 Å². The molecule has 0 rings (SSSR count). The molecule has 0 aliphatic carbocycles. The molecule has 5 nitrogen and oxygen atoms in total. The highest BCUT2D eigenvalue weighted by atomic mass is 16.7. The maximum absolute atomic E-state index is 5.98. The summed E-state index contributed by atoms with van der Waals surface area (Å²) in [7, 11) is 7.84. The zero-order valence-corrected chi connectivity index (χ0v) is 11.9. The van der Waals surface area contributed by atoms with E-state index in [1.165, 1.54) is 0 Å². The van der Waals surface area contributed by atoms with Gasteiger partial charge < -0.3 is 0 Å². The summed E-state index contributed by atoms with van der Waals surface area (Å²) in [6.07, 6.45) is 2.00. The van der Waals surface area contributed by atoms with Gasteiger partial charge in [0.05, 0.1) is 0 Å². The molecule has 1 N–H and O–H groups in total. The molecule has 1 atom stereocenters. The lowest BCUT2D eigenvalue weighted by Crippen LogP contribution is -2.56. The Morgan fingerprint density at radius 1 is 1.19 bits per heavy atom. The number of hydrogen-bond donors (Lipinski definition) is 1. The van der Waals surface area contributed by atoms with Crippen LogP contribution >= 0.6 is 0 Å². The zero-order valence-electron chi connectivity index (χ0n) is 11.9. The summed E-state index contributed by atoms with van der Waals surface area (Å²) in [6.45, 7) is 7.32. The van der Waals surface area contributed by atoms with Crippen molar-refractivity contribution >= 4 is 0 Å². The van der Waals surface area contributed by atoms with Crippen LogP contribution in [0.5, 0.6) is 0 Å². The SMILES string of the molecule is CCCN(C)N(C)OC(C)(CC)N(C)NC. The van der Waals surface area contributed by atoms with Crippen LogP contribution in [0.2, 0.25) is 0 Å². The van der Waals surface area contributed by atoms with E-state index in [2.05, 4.69) is 31.2 Å². The molecule has 0 aliphatic rings. The molecule has 16 heavy (non-hydrogen) atoms. The summed E-state index contributed by atoms with van der Waals surface area (Å²) in [5.74, 6) is 0. The minimum absolute atomic E-state index is 0.342. The lowest BCUT2D eigenvalue weighted by atomic mass is 10.2. The number of hydrazine groups is 2. The van der Waals surface area contributed by atoms with Crippen LogP contribution in [0.1, 0.15) is 33.6 Å². The first-order chi connectivity index (χ1) is 7.41. The molecule has 0 aromatic rings. The predicted octanol–water partition coefficient (Wildman–Crippen LogP) is 1.30. The maximum Gasteiger partial charge on any atom is 0.153 e. The van der Waals surface area contributed by atoms with E-state index in [-0.39, 0.29) is 5.72 Å². The van der Waals surface area contributed by atoms with Gasteiger partial charge in [0.15, 0.2) is 5.72 Å². The molecule has 1 unspecified atom stereocenters. The zero-order chi connectivity index (χ0) is 12.8. The number of rotatable bonds is 8. The van der Waals surface area contributed by atoms with E-state index < -0.39 is 0 Å². The standard InChI is InChI=1S/C11H28N4O/c1-8-10-13(5)15(7)16-11(3,9-2)14(6)12-4/h12H,8-10H2,1-7H3. The molecule has 0 aromatic carbocycles. The number of hydroxylamine groups is 1. The highest BCUT2D eigenvalue weighted by Crippen LogP contribution is 2.19. The lowest BCUT2D eigenvalue weighted by molar-refractivity contribution is -0.354. The largest absolute Gasteiger partial charge is 0.261 e. The van der Waals surface area contributed by atoms with E-state index in [9.17, 15) is 0 Å². The van der Waals surface area contributed by atoms with E-state index in [1.807, 2.05) is 33.2 Å². The summed E-state index contributed by atoms with van der Waals surface area (Å²) in [5, 5.41) is 5.85. The average molecular weight is 232 g/mol. The van der Waals surface area contributed by atoms with E-state index in [0.29, 0.717) is 0 Å². The van der Waals surface area contributed by atoms with Crippen molar-refractivity contribution < 1.29 is 4.84 Å². The third-order valence-electron chi connectivity index (χ3n) is 3.06. The number of nitrogens with one attached hydrogen (secondary N) is 1. The molecule has 0 heterocycles. The Balaban J connectivity index is 4.40. The quantitative estimate of drug-likeness (QED) is 0.503. The van der Waals surface area contributed by atoms with Gasteiger partial charge in [0.1, 0.15) is 0 Å². The van der Waals surface area contributed by atoms with E-state index in [4.69, 9.17) is 4.84 Å². The second-order valence-corrected chi connectivity index (χ2v) is 4.25. The average Bonchev–Trinajstić information content (AvgIpc) is 2.27. The molecule has 0 fully saturated rings. The normalized spacial score (nSPS) is 16.1. The molecule has 0 amide bonds. The summed E-state index contributed by atoms with van der Waals surface area (Å²) in [4.78, 5) is 5.98. The molecular weight excluding hydrogens is 204 g/mol. The summed E-state index contributed by atoms with van der Waals surface area (Å²) in [5.41, 5.74) is 2.75. The Hall–Kier alpha value is -0.200. The van der Waals surface area contributed by atoms with Crippen LogP contribution in [0.15, 0.2) is 0 Å². The molecule has 0 aliphatic heterocycles. The van der Waals surface area contributed by atoms with Crippen molar-refractivity contribution in [3.05, 3.63) is 0 Å². The Labute approximate surface area is 100 Å². The maximum atomic E-state index is 5.98. The second-order valence-electron chi connectivity index (χ2n) is 4.25. The number of hydrogen-bond acceptors (Lipinski definition) is 5. The molecule has 0 aromatic heterocycles. The monoisotopic (exact) mass is 232 g/mol. The van der Waals surface area contributed by atoms with Crippen LogP contribution in [0.4, 0.5) is 0 Å². The topological polar surface area (TPSA) is 31.0 Å². The van der Waals surface area contributed by atoms with Crippen molar-refractivity contribution in [1.29, 1.82) is 0 Å². The van der Waals surface area contributed by atoms with E-state index >= 15 is 0 Å². The van der Waals surface area contributed by atoms with Gasteiger partial charge in [0, 0.05) is 27.7 Å². The van der Waals surface area contributed by atoms with Gasteiger partial charge in [-0.3, -0.25) is 10.3 Å². The van der Waals surface area contributed by atoms with Gasteiger partial charge in [-0.2, -0.15) is 0 Å². The minimum Gasteiger partial charge on any atom is -0.261 e. The Morgan fingerprint density at radius 3 is 2.12 bits per heavy atom. The summed E-state index contributed by atoms with van der Waals surface area (Å²) < 4.78 is 0. The van der Waals surface area contributed by atoms with Gasteiger partial charge in [-0.1, -0.05) is 13.8 Å². The van der Waals surface area contributed by atoms with E-state index in [1.54, 1.807) is 5.17 Å². The first kappa shape index (κ1) is 15.8. The Morgan fingerprint density at radius 2 is 1.75 bits per heavy atom. The van der Waals surface area contributed by atoms with Crippen molar-refractivity contribution in [2.24, 2.45) is 0 Å². The van der Waals surface area contributed by atoms with Crippen LogP contribution < -0.4 is 5.43 Å². The highest BCUT2D eigenvalue weighted by Gasteiger charge is 2.30. The van der Waals surface area contributed by atoms with Crippen LogP contribution in [0.3, 0.4) is 0 Å². The first-order valence-electron chi connectivity index (χ1n) is 5.96. The third kappa shape index (κ3) is 4.35. The smallest absolute Gasteiger partial charge is 0.153 e. The van der Waals surface area contributed by atoms with Crippen LogP contribution in [-0.4, -0.2) is 55.7 Å². The summed E-state index contributed by atoms with van der Waals surface area (Å²) in [6, 6.07) is 0. The van der Waals surface area contributed by atoms with Crippen LogP contribution in [-0.2, 0) is 4.84 Å². The van der Waals surface area contributed by atoms with Gasteiger partial charge in [-0.05, 0) is 26.8 Å². The molecule has 0 saturated carbocycles. The van der Waals surface area contributed by atoms with Crippen molar-refractivity contribution in [3.63, 3.8) is 0 Å².